The third-order valence-electron chi connectivity index (χ3n) is 3.50. The Balaban J connectivity index is 1.78. The van der Waals surface area contributed by atoms with Crippen molar-refractivity contribution in [2.24, 2.45) is 5.10 Å². The topological polar surface area (TPSA) is 67.5 Å². The molecular formula is C15H11Cl2N3O2. The maximum atomic E-state index is 10.7. The maximum Gasteiger partial charge on any atom is 0.269 e. The van der Waals surface area contributed by atoms with E-state index in [-0.39, 0.29) is 11.7 Å². The van der Waals surface area contributed by atoms with Gasteiger partial charge in [0.2, 0.25) is 0 Å². The molecular weight excluding hydrogens is 325 g/mol. The van der Waals surface area contributed by atoms with Crippen molar-refractivity contribution in [3.8, 4) is 0 Å². The molecule has 0 saturated heterocycles. The monoisotopic (exact) mass is 335 g/mol. The number of hydrazone groups is 1. The van der Waals surface area contributed by atoms with Gasteiger partial charge in [0.05, 0.1) is 16.7 Å². The molecule has 1 unspecified atom stereocenters. The number of non-ortho nitro benzene ring substituents is 1. The minimum absolute atomic E-state index is 0.0324. The van der Waals surface area contributed by atoms with Crippen LogP contribution < -0.4 is 5.43 Å². The van der Waals surface area contributed by atoms with Crippen LogP contribution in [0.5, 0.6) is 0 Å². The minimum atomic E-state index is -0.422. The fourth-order valence-corrected chi connectivity index (χ4v) is 2.90. The van der Waals surface area contributed by atoms with Crippen LogP contribution >= 0.6 is 23.2 Å². The number of nitro groups is 1. The van der Waals surface area contributed by atoms with Gasteiger partial charge < -0.3 is 5.43 Å². The van der Waals surface area contributed by atoms with Crippen molar-refractivity contribution >= 4 is 34.6 Å². The number of hydrogen-bond donors (Lipinski definition) is 1. The first-order valence-corrected chi connectivity index (χ1v) is 7.32. The molecule has 1 N–H and O–H groups in total. The molecule has 0 radical (unpaired) electrons. The highest BCUT2D eigenvalue weighted by molar-refractivity contribution is 6.35. The smallest absolute Gasteiger partial charge is 0.269 e. The van der Waals surface area contributed by atoms with Crippen LogP contribution in [0.25, 0.3) is 0 Å². The average Bonchev–Trinajstić information content (AvgIpc) is 2.97. The van der Waals surface area contributed by atoms with Gasteiger partial charge in [0.15, 0.2) is 0 Å². The lowest BCUT2D eigenvalue weighted by Gasteiger charge is -2.12. The van der Waals surface area contributed by atoms with E-state index in [1.54, 1.807) is 24.3 Å². The molecule has 1 heterocycles. The van der Waals surface area contributed by atoms with Crippen molar-refractivity contribution in [1.29, 1.82) is 0 Å². The van der Waals surface area contributed by atoms with Gasteiger partial charge in [0.25, 0.3) is 5.69 Å². The molecule has 2 aromatic carbocycles. The Bertz CT molecular complexity index is 760. The molecule has 5 nitrogen and oxygen atoms in total. The van der Waals surface area contributed by atoms with E-state index in [1.807, 2.05) is 6.07 Å². The second-order valence-corrected chi connectivity index (χ2v) is 5.76. The van der Waals surface area contributed by atoms with Crippen LogP contribution in [0.3, 0.4) is 0 Å². The number of nitro benzene ring substituents is 1. The highest BCUT2D eigenvalue weighted by Gasteiger charge is 2.23. The maximum absolute atomic E-state index is 10.7. The molecule has 0 spiro atoms. The number of nitrogens with one attached hydrogen (secondary N) is 1. The molecule has 22 heavy (non-hydrogen) atoms. The Morgan fingerprint density at radius 3 is 2.55 bits per heavy atom. The van der Waals surface area contributed by atoms with Gasteiger partial charge in [0, 0.05) is 28.6 Å². The predicted octanol–water partition coefficient (Wildman–Crippen LogP) is 4.34. The quantitative estimate of drug-likeness (QED) is 0.670. The van der Waals surface area contributed by atoms with E-state index < -0.39 is 4.92 Å². The normalized spacial score (nSPS) is 17.0. The Morgan fingerprint density at radius 2 is 1.91 bits per heavy atom. The summed E-state index contributed by atoms with van der Waals surface area (Å²) in [5, 5.41) is 16.2. The lowest BCUT2D eigenvalue weighted by molar-refractivity contribution is -0.384. The molecule has 1 aliphatic heterocycles. The number of halogens is 2. The molecule has 0 amide bonds. The second-order valence-electron chi connectivity index (χ2n) is 4.91. The van der Waals surface area contributed by atoms with Crippen LogP contribution in [-0.2, 0) is 0 Å². The van der Waals surface area contributed by atoms with Crippen molar-refractivity contribution < 1.29 is 4.92 Å². The first kappa shape index (κ1) is 14.8. The minimum Gasteiger partial charge on any atom is -0.302 e. The fourth-order valence-electron chi connectivity index (χ4n) is 2.36. The van der Waals surface area contributed by atoms with Crippen molar-refractivity contribution in [3.63, 3.8) is 0 Å². The summed E-state index contributed by atoms with van der Waals surface area (Å²) in [5.74, 6) is 0. The molecule has 1 atom stereocenters. The third kappa shape index (κ3) is 2.91. The van der Waals surface area contributed by atoms with Gasteiger partial charge in [-0.15, -0.1) is 0 Å². The average molecular weight is 336 g/mol. The van der Waals surface area contributed by atoms with E-state index in [0.717, 1.165) is 16.8 Å². The molecule has 1 aliphatic rings. The molecule has 0 aliphatic carbocycles. The van der Waals surface area contributed by atoms with Crippen molar-refractivity contribution in [2.75, 3.05) is 0 Å². The standard InChI is InChI=1S/C15H11Cl2N3O2/c16-10-3-6-12(13(17)7-10)15-8-14(18-19-15)9-1-4-11(5-2-9)20(21)22/h1-7,15,19H,8H2. The Hall–Kier alpha value is -2.11. The van der Waals surface area contributed by atoms with Crippen molar-refractivity contribution in [2.45, 2.75) is 12.5 Å². The molecule has 0 saturated carbocycles. The summed E-state index contributed by atoms with van der Waals surface area (Å²) in [6, 6.07) is 11.7. The molecule has 0 fully saturated rings. The van der Waals surface area contributed by atoms with Gasteiger partial charge in [-0.2, -0.15) is 5.10 Å². The van der Waals surface area contributed by atoms with Crippen LogP contribution in [0.2, 0.25) is 10.0 Å². The summed E-state index contributed by atoms with van der Waals surface area (Å²) < 4.78 is 0. The van der Waals surface area contributed by atoms with E-state index in [4.69, 9.17) is 23.2 Å². The van der Waals surface area contributed by atoms with Crippen molar-refractivity contribution in [3.05, 3.63) is 73.8 Å². The Kier molecular flexibility index (Phi) is 4.00. The summed E-state index contributed by atoms with van der Waals surface area (Å²) in [5.41, 5.74) is 5.72. The SMILES string of the molecule is O=[N+]([O-])c1ccc(C2=NNC(c3ccc(Cl)cc3Cl)C2)cc1. The van der Waals surface area contributed by atoms with Gasteiger partial charge in [-0.1, -0.05) is 29.3 Å². The first-order chi connectivity index (χ1) is 10.5. The fraction of sp³-hybridized carbons (Fsp3) is 0.133. The largest absolute Gasteiger partial charge is 0.302 e. The molecule has 0 aromatic heterocycles. The summed E-state index contributed by atoms with van der Waals surface area (Å²) in [6.07, 6.45) is 0.652. The van der Waals surface area contributed by atoms with E-state index in [0.29, 0.717) is 16.5 Å². The van der Waals surface area contributed by atoms with E-state index in [9.17, 15) is 10.1 Å². The highest BCUT2D eigenvalue weighted by atomic mass is 35.5. The second kappa shape index (κ2) is 5.94. The van der Waals surface area contributed by atoms with E-state index in [1.165, 1.54) is 12.1 Å². The van der Waals surface area contributed by atoms with Gasteiger partial charge in [-0.05, 0) is 35.4 Å². The number of rotatable bonds is 3. The molecule has 7 heteroatoms. The zero-order valence-corrected chi connectivity index (χ0v) is 12.8. The lowest BCUT2D eigenvalue weighted by atomic mass is 9.99. The highest BCUT2D eigenvalue weighted by Crippen LogP contribution is 2.31. The zero-order chi connectivity index (χ0) is 15.7. The van der Waals surface area contributed by atoms with Crippen LogP contribution in [0.1, 0.15) is 23.6 Å². The Labute approximate surface area is 136 Å². The summed E-state index contributed by atoms with van der Waals surface area (Å²) >= 11 is 12.1. The van der Waals surface area contributed by atoms with Crippen LogP contribution in [0.4, 0.5) is 5.69 Å². The first-order valence-electron chi connectivity index (χ1n) is 6.56. The zero-order valence-electron chi connectivity index (χ0n) is 11.3. The van der Waals surface area contributed by atoms with E-state index in [2.05, 4.69) is 10.5 Å². The van der Waals surface area contributed by atoms with Gasteiger partial charge in [0.1, 0.15) is 0 Å². The van der Waals surface area contributed by atoms with Crippen molar-refractivity contribution in [1.82, 2.24) is 5.43 Å². The van der Waals surface area contributed by atoms with Gasteiger partial charge in [-0.3, -0.25) is 10.1 Å². The predicted molar refractivity (Wildman–Crippen MR) is 86.6 cm³/mol. The number of nitrogens with zero attached hydrogens (tertiary/aromatic N) is 2. The summed E-state index contributed by atoms with van der Waals surface area (Å²) in [7, 11) is 0. The molecule has 2 aromatic rings. The summed E-state index contributed by atoms with van der Waals surface area (Å²) in [4.78, 5) is 10.3. The van der Waals surface area contributed by atoms with Crippen LogP contribution in [0, 0.1) is 10.1 Å². The van der Waals surface area contributed by atoms with Gasteiger partial charge in [-0.25, -0.2) is 0 Å². The summed E-state index contributed by atoms with van der Waals surface area (Å²) in [6.45, 7) is 0. The van der Waals surface area contributed by atoms with Gasteiger partial charge >= 0.3 is 0 Å². The van der Waals surface area contributed by atoms with Crippen LogP contribution in [0.15, 0.2) is 47.6 Å². The third-order valence-corrected chi connectivity index (χ3v) is 4.06. The van der Waals surface area contributed by atoms with Crippen LogP contribution in [-0.4, -0.2) is 10.6 Å². The number of benzene rings is 2. The molecule has 112 valence electrons. The number of hydrogen-bond acceptors (Lipinski definition) is 4. The lowest BCUT2D eigenvalue weighted by Crippen LogP contribution is -2.10. The molecule has 0 bridgehead atoms. The Morgan fingerprint density at radius 1 is 1.18 bits per heavy atom. The molecule has 3 rings (SSSR count). The van der Waals surface area contributed by atoms with E-state index >= 15 is 0 Å².